The monoisotopic (exact) mass is 284 g/mol. The third kappa shape index (κ3) is 2.06. The molecule has 4 heteroatoms. The lowest BCUT2D eigenvalue weighted by Gasteiger charge is -2.04. The van der Waals surface area contributed by atoms with Crippen molar-refractivity contribution in [3.63, 3.8) is 0 Å². The van der Waals surface area contributed by atoms with Crippen molar-refractivity contribution in [2.75, 3.05) is 5.73 Å². The Labute approximate surface area is 121 Å². The Hall–Kier alpha value is -2.26. The summed E-state index contributed by atoms with van der Waals surface area (Å²) in [6, 6.07) is 12.6. The van der Waals surface area contributed by atoms with Crippen LogP contribution in [0.25, 0.3) is 10.9 Å². The number of aromatic nitrogens is 1. The average Bonchev–Trinajstić information content (AvgIpc) is 2.72. The summed E-state index contributed by atoms with van der Waals surface area (Å²) in [6.07, 6.45) is 0. The number of anilines is 1. The van der Waals surface area contributed by atoms with Gasteiger partial charge in [-0.15, -0.1) is 0 Å². The molecule has 100 valence electrons. The molecule has 0 bridgehead atoms. The number of H-pyrrole nitrogens is 1. The van der Waals surface area contributed by atoms with Gasteiger partial charge in [0.1, 0.15) is 0 Å². The molecule has 1 aromatic heterocycles. The molecule has 1 heterocycles. The smallest absolute Gasteiger partial charge is 0.195 e. The van der Waals surface area contributed by atoms with Gasteiger partial charge in [-0.1, -0.05) is 29.8 Å². The molecular formula is C16H13ClN2O. The fourth-order valence-electron chi connectivity index (χ4n) is 2.46. The number of carbonyl (C=O) groups is 1. The standard InChI is InChI=1S/C16H13ClN2O/c1-9-15(13-4-2-3-5-14(13)19-9)16(20)10-6-11(17)8-12(18)7-10/h2-8,19H,18H2,1H3. The molecule has 3 nitrogen and oxygen atoms in total. The van der Waals surface area contributed by atoms with Gasteiger partial charge in [0.25, 0.3) is 0 Å². The average molecular weight is 285 g/mol. The molecule has 0 amide bonds. The predicted molar refractivity (Wildman–Crippen MR) is 82.3 cm³/mol. The van der Waals surface area contributed by atoms with Gasteiger partial charge in [-0.2, -0.15) is 0 Å². The largest absolute Gasteiger partial charge is 0.399 e. The van der Waals surface area contributed by atoms with Crippen LogP contribution in [-0.4, -0.2) is 10.8 Å². The van der Waals surface area contributed by atoms with Gasteiger partial charge in [-0.25, -0.2) is 0 Å². The van der Waals surface area contributed by atoms with Crippen LogP contribution in [0.2, 0.25) is 5.02 Å². The lowest BCUT2D eigenvalue weighted by Crippen LogP contribution is -2.03. The topological polar surface area (TPSA) is 58.9 Å². The van der Waals surface area contributed by atoms with E-state index in [4.69, 9.17) is 17.3 Å². The molecule has 0 radical (unpaired) electrons. The summed E-state index contributed by atoms with van der Waals surface area (Å²) < 4.78 is 0. The van der Waals surface area contributed by atoms with Crippen molar-refractivity contribution >= 4 is 34.0 Å². The maximum absolute atomic E-state index is 12.7. The van der Waals surface area contributed by atoms with Gasteiger partial charge >= 0.3 is 0 Å². The first-order valence-corrected chi connectivity index (χ1v) is 6.62. The van der Waals surface area contributed by atoms with Crippen molar-refractivity contribution in [2.45, 2.75) is 6.92 Å². The maximum Gasteiger partial charge on any atom is 0.195 e. The SMILES string of the molecule is Cc1[nH]c2ccccc2c1C(=O)c1cc(N)cc(Cl)c1. The Balaban J connectivity index is 2.20. The van der Waals surface area contributed by atoms with Crippen LogP contribution in [-0.2, 0) is 0 Å². The second-order valence-electron chi connectivity index (χ2n) is 4.77. The number of ketones is 1. The minimum absolute atomic E-state index is 0.0749. The van der Waals surface area contributed by atoms with E-state index in [1.807, 2.05) is 31.2 Å². The molecule has 0 fully saturated rings. The van der Waals surface area contributed by atoms with E-state index in [0.717, 1.165) is 16.6 Å². The van der Waals surface area contributed by atoms with Crippen molar-refractivity contribution < 1.29 is 4.79 Å². The van der Waals surface area contributed by atoms with Crippen LogP contribution in [0.4, 0.5) is 5.69 Å². The van der Waals surface area contributed by atoms with Crippen LogP contribution in [0.5, 0.6) is 0 Å². The zero-order valence-corrected chi connectivity index (χ0v) is 11.7. The van der Waals surface area contributed by atoms with Crippen molar-refractivity contribution in [2.24, 2.45) is 0 Å². The number of benzene rings is 2. The molecule has 3 aromatic rings. The molecule has 0 unspecified atom stereocenters. The van der Waals surface area contributed by atoms with E-state index in [1.165, 1.54) is 0 Å². The summed E-state index contributed by atoms with van der Waals surface area (Å²) in [7, 11) is 0. The van der Waals surface area contributed by atoms with Gasteiger partial charge in [0.15, 0.2) is 5.78 Å². The summed E-state index contributed by atoms with van der Waals surface area (Å²) in [6.45, 7) is 1.89. The van der Waals surface area contributed by atoms with E-state index in [1.54, 1.807) is 18.2 Å². The van der Waals surface area contributed by atoms with Crippen LogP contribution >= 0.6 is 11.6 Å². The number of fused-ring (bicyclic) bond motifs is 1. The number of halogens is 1. The van der Waals surface area contributed by atoms with Crippen molar-refractivity contribution in [3.05, 3.63) is 64.3 Å². The van der Waals surface area contributed by atoms with Crippen LogP contribution in [0.3, 0.4) is 0 Å². The third-order valence-electron chi connectivity index (χ3n) is 3.30. The highest BCUT2D eigenvalue weighted by molar-refractivity contribution is 6.31. The third-order valence-corrected chi connectivity index (χ3v) is 3.52. The summed E-state index contributed by atoms with van der Waals surface area (Å²) in [4.78, 5) is 15.9. The molecule has 2 aromatic carbocycles. The molecule has 0 spiro atoms. The fraction of sp³-hybridized carbons (Fsp3) is 0.0625. The minimum Gasteiger partial charge on any atom is -0.399 e. The first kappa shape index (κ1) is 12.8. The number of nitrogen functional groups attached to an aromatic ring is 1. The zero-order valence-electron chi connectivity index (χ0n) is 10.9. The van der Waals surface area contributed by atoms with Crippen LogP contribution in [0.15, 0.2) is 42.5 Å². The number of aryl methyl sites for hydroxylation is 1. The Morgan fingerprint density at radius 3 is 2.70 bits per heavy atom. The Morgan fingerprint density at radius 2 is 1.95 bits per heavy atom. The number of carbonyl (C=O) groups excluding carboxylic acids is 1. The highest BCUT2D eigenvalue weighted by atomic mass is 35.5. The molecule has 0 aliphatic carbocycles. The molecule has 0 aliphatic heterocycles. The molecule has 20 heavy (non-hydrogen) atoms. The normalized spacial score (nSPS) is 10.9. The van der Waals surface area contributed by atoms with E-state index < -0.39 is 0 Å². The maximum atomic E-state index is 12.7. The second-order valence-corrected chi connectivity index (χ2v) is 5.21. The van der Waals surface area contributed by atoms with E-state index >= 15 is 0 Å². The molecule has 3 rings (SSSR count). The van der Waals surface area contributed by atoms with E-state index in [0.29, 0.717) is 21.8 Å². The van der Waals surface area contributed by atoms with Crippen LogP contribution in [0.1, 0.15) is 21.6 Å². The van der Waals surface area contributed by atoms with Crippen LogP contribution < -0.4 is 5.73 Å². The highest BCUT2D eigenvalue weighted by Crippen LogP contribution is 2.26. The first-order valence-electron chi connectivity index (χ1n) is 6.24. The number of rotatable bonds is 2. The van der Waals surface area contributed by atoms with Crippen molar-refractivity contribution in [3.8, 4) is 0 Å². The first-order chi connectivity index (χ1) is 9.56. The molecule has 0 aliphatic rings. The Kier molecular flexibility index (Phi) is 2.99. The van der Waals surface area contributed by atoms with Gasteiger partial charge in [0.2, 0.25) is 0 Å². The Bertz CT molecular complexity index is 800. The molecule has 0 atom stereocenters. The van der Waals surface area contributed by atoms with Gasteiger partial charge in [0, 0.05) is 32.9 Å². The Morgan fingerprint density at radius 1 is 1.20 bits per heavy atom. The van der Waals surface area contributed by atoms with Gasteiger partial charge in [0.05, 0.1) is 5.56 Å². The predicted octanol–water partition coefficient (Wildman–Crippen LogP) is 3.94. The molecule has 0 saturated carbocycles. The fourth-order valence-corrected chi connectivity index (χ4v) is 2.70. The number of hydrogen-bond donors (Lipinski definition) is 2. The minimum atomic E-state index is -0.0749. The highest BCUT2D eigenvalue weighted by Gasteiger charge is 2.18. The molecular weight excluding hydrogens is 272 g/mol. The summed E-state index contributed by atoms with van der Waals surface area (Å²) in [5.74, 6) is -0.0749. The van der Waals surface area contributed by atoms with E-state index in [9.17, 15) is 4.79 Å². The molecule has 0 saturated heterocycles. The summed E-state index contributed by atoms with van der Waals surface area (Å²) in [5.41, 5.74) is 9.20. The number of hydrogen-bond acceptors (Lipinski definition) is 2. The second kappa shape index (κ2) is 4.69. The number of para-hydroxylation sites is 1. The van der Waals surface area contributed by atoms with E-state index in [2.05, 4.69) is 4.98 Å². The molecule has 3 N–H and O–H groups in total. The van der Waals surface area contributed by atoms with Crippen LogP contribution in [0, 0.1) is 6.92 Å². The zero-order chi connectivity index (χ0) is 14.3. The van der Waals surface area contributed by atoms with Gasteiger partial charge in [-0.05, 0) is 31.2 Å². The number of nitrogens with one attached hydrogen (secondary N) is 1. The van der Waals surface area contributed by atoms with Gasteiger partial charge < -0.3 is 10.7 Å². The number of aromatic amines is 1. The number of nitrogens with two attached hydrogens (primary N) is 1. The summed E-state index contributed by atoms with van der Waals surface area (Å²) in [5, 5.41) is 1.37. The quantitative estimate of drug-likeness (QED) is 0.553. The van der Waals surface area contributed by atoms with E-state index in [-0.39, 0.29) is 5.78 Å². The van der Waals surface area contributed by atoms with Crippen molar-refractivity contribution in [1.82, 2.24) is 4.98 Å². The van der Waals surface area contributed by atoms with Crippen molar-refractivity contribution in [1.29, 1.82) is 0 Å². The van der Waals surface area contributed by atoms with Gasteiger partial charge in [-0.3, -0.25) is 4.79 Å². The lowest BCUT2D eigenvalue weighted by molar-refractivity contribution is 0.104. The summed E-state index contributed by atoms with van der Waals surface area (Å²) >= 11 is 5.97. The lowest BCUT2D eigenvalue weighted by atomic mass is 10.00.